The maximum absolute atomic E-state index is 12.8. The molecule has 16 nitrogen and oxygen atoms in total. The van der Waals surface area contributed by atoms with Gasteiger partial charge in [0.2, 0.25) is 18.7 Å². The number of carbonyl (C=O) groups excluding carboxylic acids is 6. The first-order valence-electron chi connectivity index (χ1n) is 15.1. The van der Waals surface area contributed by atoms with Crippen LogP contribution in [0, 0.1) is 11.8 Å². The average Bonchev–Trinajstić information content (AvgIpc) is 3.35. The van der Waals surface area contributed by atoms with Crippen LogP contribution in [0.2, 0.25) is 0 Å². The summed E-state index contributed by atoms with van der Waals surface area (Å²) < 4.78 is 55.9. The van der Waals surface area contributed by atoms with Crippen molar-refractivity contribution < 1.29 is 76.1 Å². The Morgan fingerprint density at radius 1 is 0.745 bits per heavy atom. The Hall–Kier alpha value is -4.02. The monoisotopic (exact) mass is 670 g/mol. The van der Waals surface area contributed by atoms with Crippen molar-refractivity contribution in [2.45, 2.75) is 97.5 Å². The largest absolute Gasteiger partial charge is 0.471 e. The molecule has 262 valence electrons. The van der Waals surface area contributed by atoms with Gasteiger partial charge in [-0.25, -0.2) is 4.79 Å². The highest BCUT2D eigenvalue weighted by atomic mass is 16.8. The number of carbonyl (C=O) groups is 6. The van der Waals surface area contributed by atoms with E-state index in [1.54, 1.807) is 6.08 Å². The molecule has 3 rings (SSSR count). The first kappa shape index (κ1) is 37.4. The number of esters is 6. The van der Waals surface area contributed by atoms with Crippen LogP contribution in [0.3, 0.4) is 0 Å². The molecule has 0 aromatic heterocycles. The van der Waals surface area contributed by atoms with E-state index in [1.807, 2.05) is 6.92 Å². The zero-order chi connectivity index (χ0) is 34.8. The van der Waals surface area contributed by atoms with Gasteiger partial charge in [0, 0.05) is 47.1 Å². The van der Waals surface area contributed by atoms with Gasteiger partial charge in [0.25, 0.3) is 0 Å². The highest BCUT2D eigenvalue weighted by Gasteiger charge is 2.55. The highest BCUT2D eigenvalue weighted by molar-refractivity contribution is 5.89. The van der Waals surface area contributed by atoms with Crippen LogP contribution in [0.25, 0.3) is 0 Å². The molecule has 0 unspecified atom stereocenters. The van der Waals surface area contributed by atoms with Crippen LogP contribution in [0.5, 0.6) is 0 Å². The zero-order valence-electron chi connectivity index (χ0n) is 27.4. The Labute approximate surface area is 271 Å². The van der Waals surface area contributed by atoms with Gasteiger partial charge in [-0.2, -0.15) is 0 Å². The van der Waals surface area contributed by atoms with Crippen molar-refractivity contribution in [1.29, 1.82) is 0 Å². The topological polar surface area (TPSA) is 195 Å². The summed E-state index contributed by atoms with van der Waals surface area (Å²) in [6.45, 7) is 7.46. The molecule has 16 heteroatoms. The molecule has 3 aliphatic rings. The average molecular weight is 671 g/mol. The van der Waals surface area contributed by atoms with Gasteiger partial charge in [0.1, 0.15) is 12.7 Å². The van der Waals surface area contributed by atoms with Gasteiger partial charge in [-0.1, -0.05) is 19.4 Å². The van der Waals surface area contributed by atoms with E-state index >= 15 is 0 Å². The van der Waals surface area contributed by atoms with Gasteiger partial charge >= 0.3 is 35.8 Å². The zero-order valence-corrected chi connectivity index (χ0v) is 27.4. The molecule has 0 bridgehead atoms. The van der Waals surface area contributed by atoms with Crippen molar-refractivity contribution in [3.8, 4) is 0 Å². The number of ether oxygens (including phenoxy) is 10. The molecule has 0 aromatic rings. The van der Waals surface area contributed by atoms with Crippen LogP contribution < -0.4 is 0 Å². The predicted molar refractivity (Wildman–Crippen MR) is 154 cm³/mol. The number of methoxy groups -OCH3 is 1. The van der Waals surface area contributed by atoms with Crippen molar-refractivity contribution in [1.82, 2.24) is 0 Å². The third-order valence-electron chi connectivity index (χ3n) is 7.40. The number of fused-ring (bicyclic) bond motifs is 1. The summed E-state index contributed by atoms with van der Waals surface area (Å²) in [6.07, 6.45) is -4.41. The number of rotatable bonds is 14. The fourth-order valence-electron chi connectivity index (χ4n) is 5.61. The smallest absolute Gasteiger partial charge is 0.337 e. The molecule has 0 radical (unpaired) electrons. The van der Waals surface area contributed by atoms with Crippen LogP contribution in [-0.2, 0) is 76.1 Å². The van der Waals surface area contributed by atoms with Gasteiger partial charge in [0.05, 0.1) is 37.6 Å². The Kier molecular flexibility index (Phi) is 13.7. The summed E-state index contributed by atoms with van der Waals surface area (Å²) in [7, 11) is 1.23. The van der Waals surface area contributed by atoms with E-state index in [9.17, 15) is 28.8 Å². The standard InChI is InChI=1S/C31H42O16/c1-8-9-10-39-22-11-20(12-40-15(2)32)24-25(22)21(29(37)38-7)13-41-30(24)42-14-23-26(43-16(3)33)27(44-17(4)34)28(45-18(5)35)31(47-23)46-19(6)36/h11,13,22-28,30-31H,8-10,12,14H2,1-7H3/t22-,23+,24+,25-,26+,27-,28+,30-,31+/m0/s1. The van der Waals surface area contributed by atoms with Gasteiger partial charge in [0.15, 0.2) is 12.2 Å². The summed E-state index contributed by atoms with van der Waals surface area (Å²) in [5, 5.41) is 0. The molecule has 0 spiro atoms. The third-order valence-corrected chi connectivity index (χ3v) is 7.40. The van der Waals surface area contributed by atoms with Crippen LogP contribution in [0.1, 0.15) is 54.4 Å². The third kappa shape index (κ3) is 9.98. The molecule has 2 aliphatic heterocycles. The lowest BCUT2D eigenvalue weighted by Gasteiger charge is -2.44. The summed E-state index contributed by atoms with van der Waals surface area (Å²) >= 11 is 0. The van der Waals surface area contributed by atoms with E-state index in [1.165, 1.54) is 20.3 Å². The van der Waals surface area contributed by atoms with E-state index in [0.29, 0.717) is 12.2 Å². The number of unbranched alkanes of at least 4 members (excludes halogenated alkanes) is 1. The summed E-state index contributed by atoms with van der Waals surface area (Å²) in [6, 6.07) is 0. The molecular formula is C31H42O16. The molecule has 0 saturated carbocycles. The van der Waals surface area contributed by atoms with Crippen molar-refractivity contribution >= 4 is 35.8 Å². The number of hydrogen-bond donors (Lipinski definition) is 0. The molecule has 47 heavy (non-hydrogen) atoms. The Balaban J connectivity index is 1.98. The minimum Gasteiger partial charge on any atom is -0.471 e. The van der Waals surface area contributed by atoms with Crippen molar-refractivity contribution in [3.63, 3.8) is 0 Å². The van der Waals surface area contributed by atoms with E-state index in [0.717, 1.165) is 40.5 Å². The van der Waals surface area contributed by atoms with E-state index in [4.69, 9.17) is 47.4 Å². The van der Waals surface area contributed by atoms with Crippen molar-refractivity contribution in [2.24, 2.45) is 11.8 Å². The van der Waals surface area contributed by atoms with Crippen molar-refractivity contribution in [2.75, 3.05) is 26.9 Å². The first-order chi connectivity index (χ1) is 22.3. The minimum atomic E-state index is -1.59. The fraction of sp³-hybridized carbons (Fsp3) is 0.677. The van der Waals surface area contributed by atoms with Crippen LogP contribution in [-0.4, -0.2) is 106 Å². The predicted octanol–water partition coefficient (Wildman–Crippen LogP) is 1.42. The number of hydrogen-bond acceptors (Lipinski definition) is 16. The second-order valence-electron chi connectivity index (χ2n) is 11.0. The summed E-state index contributed by atoms with van der Waals surface area (Å²) in [4.78, 5) is 72.8. The molecule has 1 saturated heterocycles. The molecular weight excluding hydrogens is 628 g/mol. The van der Waals surface area contributed by atoms with E-state index in [2.05, 4.69) is 0 Å². The molecule has 0 aromatic carbocycles. The maximum Gasteiger partial charge on any atom is 0.337 e. The Morgan fingerprint density at radius 2 is 1.36 bits per heavy atom. The second-order valence-corrected chi connectivity index (χ2v) is 11.0. The fourth-order valence-corrected chi connectivity index (χ4v) is 5.61. The SMILES string of the molecule is CCCCO[C@H]1C=C(COC(C)=O)[C@H]2[C@H](OC[C@H]3O[C@@H](OC(C)=O)[C@H](OC(C)=O)[C@@H](OC(C)=O)[C@@H]3OC(C)=O)OC=C(C(=O)OC)[C@H]21. The van der Waals surface area contributed by atoms with Gasteiger partial charge in [-0.15, -0.1) is 0 Å². The molecule has 0 N–H and O–H groups in total. The molecule has 2 heterocycles. The Morgan fingerprint density at radius 3 is 1.94 bits per heavy atom. The lowest BCUT2D eigenvalue weighted by molar-refractivity contribution is -0.307. The van der Waals surface area contributed by atoms with Gasteiger partial charge in [-0.3, -0.25) is 24.0 Å². The highest BCUT2D eigenvalue weighted by Crippen LogP contribution is 2.45. The quantitative estimate of drug-likeness (QED) is 0.111. The van der Waals surface area contributed by atoms with E-state index in [-0.39, 0.29) is 12.2 Å². The normalized spacial score (nSPS) is 29.6. The van der Waals surface area contributed by atoms with Crippen LogP contribution >= 0.6 is 0 Å². The van der Waals surface area contributed by atoms with Gasteiger partial charge in [-0.05, 0) is 12.0 Å². The lowest BCUT2D eigenvalue weighted by atomic mass is 9.82. The van der Waals surface area contributed by atoms with Crippen molar-refractivity contribution in [3.05, 3.63) is 23.5 Å². The van der Waals surface area contributed by atoms with Gasteiger partial charge < -0.3 is 47.4 Å². The second kappa shape index (κ2) is 17.2. The lowest BCUT2D eigenvalue weighted by Crippen LogP contribution is -2.63. The molecule has 1 aliphatic carbocycles. The molecule has 9 atom stereocenters. The molecule has 1 fully saturated rings. The van der Waals surface area contributed by atoms with E-state index < -0.39 is 97.4 Å². The van der Waals surface area contributed by atoms with Crippen LogP contribution in [0.15, 0.2) is 23.5 Å². The Bertz CT molecular complexity index is 1240. The maximum atomic E-state index is 12.8. The summed E-state index contributed by atoms with van der Waals surface area (Å²) in [5.41, 5.74) is 0.728. The minimum absolute atomic E-state index is 0.148. The molecule has 0 amide bonds. The first-order valence-corrected chi connectivity index (χ1v) is 15.1. The summed E-state index contributed by atoms with van der Waals surface area (Å²) in [5.74, 6) is -5.80. The van der Waals surface area contributed by atoms with Crippen LogP contribution in [0.4, 0.5) is 0 Å².